The molecule has 8 saturated heterocycles. The molecule has 3 amide bonds. The fraction of sp³-hybridized carbons (Fsp3) is 0.950. The van der Waals surface area contributed by atoms with E-state index in [1.165, 1.54) is 20.8 Å². The highest BCUT2D eigenvalue weighted by atomic mass is 16.8. The summed E-state index contributed by atoms with van der Waals surface area (Å²) in [4.78, 5) is 39.1. The van der Waals surface area contributed by atoms with Gasteiger partial charge in [0.15, 0.2) is 50.3 Å². The minimum absolute atomic E-state index is 0.921. The summed E-state index contributed by atoms with van der Waals surface area (Å²) in [7, 11) is 0. The summed E-state index contributed by atoms with van der Waals surface area (Å²) in [5, 5.41) is 273. The molecule has 0 aromatic carbocycles. The van der Waals surface area contributed by atoms with E-state index in [2.05, 4.69) is 16.0 Å². The van der Waals surface area contributed by atoms with Crippen LogP contribution in [0.15, 0.2) is 0 Å². The van der Waals surface area contributed by atoms with Gasteiger partial charge in [0, 0.05) is 20.8 Å². The lowest BCUT2D eigenvalue weighted by Crippen LogP contribution is -2.70. The van der Waals surface area contributed by atoms with Crippen molar-refractivity contribution >= 4 is 17.7 Å². The zero-order valence-corrected chi connectivity index (χ0v) is 57.8. The third kappa shape index (κ3) is 19.7. The lowest BCUT2D eigenvalue weighted by atomic mass is 9.94. The van der Waals surface area contributed by atoms with Gasteiger partial charge < -0.3 is 214 Å². The van der Waals surface area contributed by atoms with Gasteiger partial charge in [0.05, 0.1) is 70.6 Å². The average molecular weight is 1550 g/mol. The van der Waals surface area contributed by atoms with E-state index in [4.69, 9.17) is 75.8 Å². The van der Waals surface area contributed by atoms with Crippen LogP contribution in [0.25, 0.3) is 0 Å². The third-order valence-corrected chi connectivity index (χ3v) is 19.5. The normalized spacial score (nSPS) is 47.9. The minimum Gasteiger partial charge on any atom is -0.394 e. The highest BCUT2D eigenvalue weighted by molar-refractivity contribution is 5.74. The van der Waals surface area contributed by atoms with Crippen molar-refractivity contribution in [1.82, 2.24) is 16.0 Å². The van der Waals surface area contributed by atoms with Gasteiger partial charge in [-0.1, -0.05) is 0 Å². The van der Waals surface area contributed by atoms with Crippen LogP contribution < -0.4 is 16.0 Å². The molecule has 0 aromatic rings. The molecule has 8 aliphatic rings. The van der Waals surface area contributed by atoms with Gasteiger partial charge in [0.1, 0.15) is 195 Å². The maximum atomic E-state index is 13.1. The largest absolute Gasteiger partial charge is 0.394 e. The Balaban J connectivity index is 1.10. The fourth-order valence-corrected chi connectivity index (χ4v) is 13.5. The second-order valence-electron chi connectivity index (χ2n) is 27.1. The quantitative estimate of drug-likeness (QED) is 0.0331. The van der Waals surface area contributed by atoms with Crippen molar-refractivity contribution in [1.29, 1.82) is 0 Å². The number of aliphatic hydroxyl groups is 24. The lowest BCUT2D eigenvalue weighted by molar-refractivity contribution is -0.400. The molecule has 616 valence electrons. The van der Waals surface area contributed by atoms with Gasteiger partial charge in [-0.3, -0.25) is 14.4 Å². The van der Waals surface area contributed by atoms with Crippen molar-refractivity contribution in [3.8, 4) is 0 Å². The van der Waals surface area contributed by atoms with Crippen LogP contribution in [0, 0.1) is 0 Å². The Bertz CT molecular complexity index is 2730. The predicted molar refractivity (Wildman–Crippen MR) is 330 cm³/mol. The van der Waals surface area contributed by atoms with E-state index < -0.39 is 334 Å². The highest BCUT2D eigenvalue weighted by Crippen LogP contribution is 2.40. The Morgan fingerprint density at radius 1 is 0.340 bits per heavy atom. The smallest absolute Gasteiger partial charge is 0.217 e. The van der Waals surface area contributed by atoms with Crippen molar-refractivity contribution in [3.63, 3.8) is 0 Å². The molecule has 8 heterocycles. The molecular weight excluding hydrogens is 1450 g/mol. The van der Waals surface area contributed by atoms with Crippen molar-refractivity contribution < 1.29 is 213 Å². The molecule has 46 heteroatoms. The number of nitrogens with one attached hydrogen (secondary N) is 3. The number of carbonyl (C=O) groups is 3. The zero-order chi connectivity index (χ0) is 78.5. The second kappa shape index (κ2) is 38.6. The first-order valence-corrected chi connectivity index (χ1v) is 34.1. The minimum atomic E-state index is -2.55. The number of carbonyl (C=O) groups excluding carboxylic acids is 3. The molecule has 0 unspecified atom stereocenters. The summed E-state index contributed by atoms with van der Waals surface area (Å²) in [6.07, 6.45) is -81.9. The van der Waals surface area contributed by atoms with E-state index in [9.17, 15) is 137 Å². The molecule has 8 rings (SSSR count). The van der Waals surface area contributed by atoms with E-state index in [0.717, 1.165) is 20.8 Å². The van der Waals surface area contributed by atoms with Crippen molar-refractivity contribution in [3.05, 3.63) is 0 Å². The topological polar surface area (TPSA) is 721 Å². The maximum absolute atomic E-state index is 13.1. The van der Waals surface area contributed by atoms with Crippen molar-refractivity contribution in [2.75, 3.05) is 46.2 Å². The number of aliphatic hydroxyl groups excluding tert-OH is 24. The van der Waals surface area contributed by atoms with Gasteiger partial charge in [-0.05, 0) is 20.8 Å². The molecule has 0 radical (unpaired) electrons. The number of hydrogen-bond acceptors (Lipinski definition) is 43. The molecule has 0 aliphatic carbocycles. The van der Waals surface area contributed by atoms with Crippen LogP contribution in [0.2, 0.25) is 0 Å². The Hall–Kier alpha value is -3.19. The summed E-state index contributed by atoms with van der Waals surface area (Å²) in [6, 6.07) is -5.77. The van der Waals surface area contributed by atoms with Crippen LogP contribution >= 0.6 is 0 Å². The van der Waals surface area contributed by atoms with Gasteiger partial charge in [-0.15, -0.1) is 0 Å². The molecule has 0 spiro atoms. The first-order valence-electron chi connectivity index (χ1n) is 34.1. The van der Waals surface area contributed by atoms with Gasteiger partial charge in [-0.25, -0.2) is 0 Å². The van der Waals surface area contributed by atoms with E-state index in [1.807, 2.05) is 0 Å². The molecule has 106 heavy (non-hydrogen) atoms. The first kappa shape index (κ1) is 88.4. The monoisotopic (exact) mass is 1550 g/mol. The number of ether oxygens (including phenoxy) is 16. The third-order valence-electron chi connectivity index (χ3n) is 19.5. The molecule has 46 nitrogen and oxygen atoms in total. The predicted octanol–water partition coefficient (Wildman–Crippen LogP) is -17.5. The van der Waals surface area contributed by atoms with Gasteiger partial charge in [-0.2, -0.15) is 0 Å². The van der Waals surface area contributed by atoms with Crippen molar-refractivity contribution in [2.45, 2.75) is 311 Å². The van der Waals surface area contributed by atoms with E-state index in [0.29, 0.717) is 0 Å². The Morgan fingerprint density at radius 2 is 0.698 bits per heavy atom. The maximum Gasteiger partial charge on any atom is 0.217 e. The van der Waals surface area contributed by atoms with Crippen LogP contribution in [-0.2, 0) is 90.2 Å². The summed E-state index contributed by atoms with van der Waals surface area (Å²) in [5.74, 6) is -2.85. The molecule has 44 atom stereocenters. The number of hydrogen-bond donors (Lipinski definition) is 27. The van der Waals surface area contributed by atoms with Crippen molar-refractivity contribution in [2.24, 2.45) is 0 Å². The lowest BCUT2D eigenvalue weighted by Gasteiger charge is -2.51. The number of rotatable bonds is 29. The molecule has 8 fully saturated rings. The summed E-state index contributed by atoms with van der Waals surface area (Å²) < 4.78 is 94.9. The second-order valence-corrected chi connectivity index (χ2v) is 27.1. The van der Waals surface area contributed by atoms with Crippen LogP contribution in [-0.4, -0.2) is 456 Å². The standard InChI is InChI=1S/C60H103N3O43/c1-14-29(74)38(83)43(88)55(92-14)104-50-41(86)33(78)22(8-65)96-58(50)101-47-26(12-69)99-54(27(37(47)82)62-18(5)71)103-49-36(81)25(11-68)98-60(52(49)106-57-45(90)40(85)31(76)16(3)94-57)100-46(20(7-64)61-17(4)70)32(77)21(73)13-91-53-28(63-19(6)72)48(35(80)24(10-67)95-53)102-59-51(42(87)34(79)23(9-66)97-59)105-56-44(89)39(84)30(75)15(2)93-56/h14-16,20-60,64-69,73-90H,7-13H2,1-6H3,(H,61,70)(H,62,71)(H,63,72)/t14-,15-,16-,20-,21+,22+,23+,24+,25+,26+,27+,28+,29+,30+,31+,32-,33-,34-,35+,36-,37+,38+,39+,40+,41-,42-,43-,44-,45-,46+,47+,48+,49-,50+,51+,52+,53+,54-,55-,56-,57-,58-,59-,60-/m0/s1. The summed E-state index contributed by atoms with van der Waals surface area (Å²) in [6.45, 7) is -1.36. The molecule has 0 saturated carbocycles. The Labute approximate surface area is 602 Å². The van der Waals surface area contributed by atoms with Gasteiger partial charge >= 0.3 is 0 Å². The fourth-order valence-electron chi connectivity index (χ4n) is 13.5. The molecule has 0 aromatic heterocycles. The van der Waals surface area contributed by atoms with E-state index in [1.54, 1.807) is 0 Å². The average Bonchev–Trinajstić information content (AvgIpc) is 0.768. The SMILES string of the molecule is CC(=O)N[C@H]1[C@H](O[C@H]2[C@@H](O)[C@@H](CO)O[C@@H](O[C@@H]([C@@H](O)[C@H](O)CO[C@@H]3O[C@H](CO)[C@@H](O)[C@H](O[C@@H]4O[C@H](CO)[C@H](O)[C@H](O)[C@H]4O[C@@H]4O[C@@H](C)[C@@H](O)[C@@H](O)[C@@H]4O)[C@H]3NC(C)=O)[C@H](CO)NC(C)=O)[C@@H]2O[C@@H]2O[C@@H](C)[C@@H](O)[C@@H](O)[C@@H]2O)O[C@H](CO)[C@@H](O[C@@H]2O[C@H](CO)[C@H](O)[C@H](O)[C@H]2O[C@@H]2O[C@@H](C)[C@@H](O)[C@@H](O)[C@@H]2O)[C@@H]1O. The first-order chi connectivity index (χ1) is 50.0. The molecule has 27 N–H and O–H groups in total. The van der Waals surface area contributed by atoms with Gasteiger partial charge in [0.25, 0.3) is 0 Å². The molecular formula is C60H103N3O43. The molecule has 0 bridgehead atoms. The zero-order valence-electron chi connectivity index (χ0n) is 57.8. The van der Waals surface area contributed by atoms with Crippen LogP contribution in [0.3, 0.4) is 0 Å². The summed E-state index contributed by atoms with van der Waals surface area (Å²) in [5.41, 5.74) is 0. The Morgan fingerprint density at radius 3 is 1.11 bits per heavy atom. The van der Waals surface area contributed by atoms with Crippen LogP contribution in [0.5, 0.6) is 0 Å². The van der Waals surface area contributed by atoms with E-state index >= 15 is 0 Å². The highest BCUT2D eigenvalue weighted by Gasteiger charge is 2.60. The van der Waals surface area contributed by atoms with E-state index in [-0.39, 0.29) is 0 Å². The number of amides is 3. The Kier molecular flexibility index (Phi) is 32.1. The molecule has 8 aliphatic heterocycles. The van der Waals surface area contributed by atoms with Crippen LogP contribution in [0.4, 0.5) is 0 Å². The summed E-state index contributed by atoms with van der Waals surface area (Å²) >= 11 is 0. The van der Waals surface area contributed by atoms with Crippen LogP contribution in [0.1, 0.15) is 41.5 Å². The van der Waals surface area contributed by atoms with Gasteiger partial charge in [0.2, 0.25) is 17.7 Å².